The van der Waals surface area contributed by atoms with Crippen molar-refractivity contribution in [3.05, 3.63) is 58.4 Å². The van der Waals surface area contributed by atoms with E-state index >= 15 is 0 Å². The normalized spacial score (nSPS) is 11.7. The molecule has 2 rings (SSSR count). The van der Waals surface area contributed by atoms with E-state index in [4.69, 9.17) is 4.74 Å². The molecule has 5 nitrogen and oxygen atoms in total. The van der Waals surface area contributed by atoms with Gasteiger partial charge in [0.1, 0.15) is 6.61 Å². The molecular weight excluding hydrogens is 371 g/mol. The molecule has 150 valence electrons. The Balaban J connectivity index is 2.13. The number of hydrogen-bond acceptors (Lipinski definition) is 4. The Labute approximate surface area is 161 Å². The van der Waals surface area contributed by atoms with Crippen LogP contribution in [0, 0.1) is 13.8 Å². The Morgan fingerprint density at radius 1 is 1.21 bits per heavy atom. The van der Waals surface area contributed by atoms with Crippen molar-refractivity contribution in [1.82, 2.24) is 9.88 Å². The first-order valence-electron chi connectivity index (χ1n) is 8.65. The number of hydrogen-bond donors (Lipinski definition) is 0. The number of aliphatic imine (C=N–C) groups is 1. The summed E-state index contributed by atoms with van der Waals surface area (Å²) in [6, 6.07) is 4.36. The molecule has 28 heavy (non-hydrogen) atoms. The zero-order valence-electron chi connectivity index (χ0n) is 16.2. The second kappa shape index (κ2) is 8.86. The highest BCUT2D eigenvalue weighted by Crippen LogP contribution is 2.29. The largest absolute Gasteiger partial charge is 0.457 e. The van der Waals surface area contributed by atoms with Gasteiger partial charge in [0.25, 0.3) is 0 Å². The van der Waals surface area contributed by atoms with Crippen LogP contribution in [0.5, 0.6) is 0 Å². The summed E-state index contributed by atoms with van der Waals surface area (Å²) < 4.78 is 43.4. The Morgan fingerprint density at radius 3 is 2.57 bits per heavy atom. The van der Waals surface area contributed by atoms with Crippen molar-refractivity contribution in [2.75, 3.05) is 13.6 Å². The molecule has 2 aromatic rings. The smallest absolute Gasteiger partial charge is 0.417 e. The number of ether oxygens (including phenoxy) is 1. The molecule has 1 aromatic heterocycles. The van der Waals surface area contributed by atoms with E-state index in [-0.39, 0.29) is 12.2 Å². The maximum absolute atomic E-state index is 12.7. The molecule has 0 fully saturated rings. The molecule has 0 aliphatic rings. The predicted octanol–water partition coefficient (Wildman–Crippen LogP) is 4.69. The summed E-state index contributed by atoms with van der Waals surface area (Å²) in [7, 11) is 1.90. The number of aromatic nitrogens is 1. The molecule has 0 radical (unpaired) electrons. The minimum absolute atomic E-state index is 0.168. The molecular formula is C20H22F3N3O2. The molecule has 0 amide bonds. The van der Waals surface area contributed by atoms with Gasteiger partial charge in [0.2, 0.25) is 0 Å². The molecule has 0 N–H and O–H groups in total. The van der Waals surface area contributed by atoms with Gasteiger partial charge in [-0.05, 0) is 50.1 Å². The molecule has 0 saturated heterocycles. The lowest BCUT2D eigenvalue weighted by Crippen LogP contribution is -2.14. The zero-order chi connectivity index (χ0) is 20.9. The topological polar surface area (TPSA) is 54.8 Å². The highest BCUT2D eigenvalue weighted by atomic mass is 19.4. The second-order valence-corrected chi connectivity index (χ2v) is 6.43. The first-order chi connectivity index (χ1) is 13.1. The van der Waals surface area contributed by atoms with Crippen LogP contribution >= 0.6 is 0 Å². The molecule has 1 aromatic carbocycles. The molecule has 0 atom stereocenters. The molecule has 0 aliphatic carbocycles. The fourth-order valence-corrected chi connectivity index (χ4v) is 2.35. The maximum Gasteiger partial charge on any atom is 0.417 e. The van der Waals surface area contributed by atoms with Crippen molar-refractivity contribution in [1.29, 1.82) is 0 Å². The molecule has 1 heterocycles. The van der Waals surface area contributed by atoms with Gasteiger partial charge < -0.3 is 9.64 Å². The molecule has 0 spiro atoms. The monoisotopic (exact) mass is 393 g/mol. The molecule has 0 saturated carbocycles. The number of esters is 1. The van der Waals surface area contributed by atoms with Crippen LogP contribution < -0.4 is 0 Å². The summed E-state index contributed by atoms with van der Waals surface area (Å²) in [5, 5.41) is 0. The number of carbonyl (C=O) groups excluding carboxylic acids is 1. The van der Waals surface area contributed by atoms with Crippen LogP contribution in [0.3, 0.4) is 0 Å². The van der Waals surface area contributed by atoms with Crippen molar-refractivity contribution >= 4 is 18.0 Å². The van der Waals surface area contributed by atoms with Gasteiger partial charge in [-0.15, -0.1) is 0 Å². The number of carbonyl (C=O) groups is 1. The van der Waals surface area contributed by atoms with Crippen LogP contribution in [0.2, 0.25) is 0 Å². The standard InChI is InChI=1S/C20H22F3N3O2/c1-5-26(4)12-25-18-7-13(2)17(6-14(18)3)19(27)28-11-15-8-16(10-24-9-15)20(21,22)23/h6-10,12H,5,11H2,1-4H3/b25-12+. The summed E-state index contributed by atoms with van der Waals surface area (Å²) in [4.78, 5) is 22.3. The van der Waals surface area contributed by atoms with E-state index in [9.17, 15) is 18.0 Å². The van der Waals surface area contributed by atoms with E-state index in [2.05, 4.69) is 9.98 Å². The number of pyridine rings is 1. The third-order valence-electron chi connectivity index (χ3n) is 4.15. The van der Waals surface area contributed by atoms with Crippen LogP contribution in [0.4, 0.5) is 18.9 Å². The molecule has 0 unspecified atom stereocenters. The summed E-state index contributed by atoms with van der Waals surface area (Å²) >= 11 is 0. The van der Waals surface area contributed by atoms with Crippen LogP contribution in [-0.2, 0) is 17.5 Å². The van der Waals surface area contributed by atoms with Crippen LogP contribution in [-0.4, -0.2) is 35.8 Å². The number of rotatable bonds is 6. The van der Waals surface area contributed by atoms with Crippen LogP contribution in [0.15, 0.2) is 35.6 Å². The highest BCUT2D eigenvalue weighted by Gasteiger charge is 2.31. The lowest BCUT2D eigenvalue weighted by Gasteiger charge is -2.12. The molecule has 0 aliphatic heterocycles. The van der Waals surface area contributed by atoms with Crippen molar-refractivity contribution in [2.24, 2.45) is 4.99 Å². The van der Waals surface area contributed by atoms with Crippen molar-refractivity contribution < 1.29 is 22.7 Å². The van der Waals surface area contributed by atoms with Crippen molar-refractivity contribution in [3.63, 3.8) is 0 Å². The Hall–Kier alpha value is -2.90. The number of alkyl halides is 3. The lowest BCUT2D eigenvalue weighted by molar-refractivity contribution is -0.137. The van der Waals surface area contributed by atoms with Gasteiger partial charge in [-0.1, -0.05) is 0 Å². The van der Waals surface area contributed by atoms with E-state index in [1.54, 1.807) is 25.4 Å². The average Bonchev–Trinajstić information content (AvgIpc) is 2.65. The summed E-state index contributed by atoms with van der Waals surface area (Å²) in [6.45, 7) is 6.10. The number of benzene rings is 1. The SMILES string of the molecule is CCN(C)/C=N/c1cc(C)c(C(=O)OCc2cncc(C(F)(F)F)c2)cc1C. The Morgan fingerprint density at radius 2 is 1.93 bits per heavy atom. The van der Waals surface area contributed by atoms with Gasteiger partial charge in [-0.2, -0.15) is 13.2 Å². The van der Waals surface area contributed by atoms with Gasteiger partial charge in [0, 0.05) is 31.5 Å². The Kier molecular flexibility index (Phi) is 6.77. The van der Waals surface area contributed by atoms with Crippen LogP contribution in [0.1, 0.15) is 39.5 Å². The van der Waals surface area contributed by atoms with Gasteiger partial charge in [0.15, 0.2) is 0 Å². The maximum atomic E-state index is 12.7. The van der Waals surface area contributed by atoms with Gasteiger partial charge in [-0.25, -0.2) is 9.79 Å². The minimum Gasteiger partial charge on any atom is -0.457 e. The number of aryl methyl sites for hydroxylation is 2. The van der Waals surface area contributed by atoms with Gasteiger partial charge in [0.05, 0.1) is 23.2 Å². The lowest BCUT2D eigenvalue weighted by atomic mass is 10.0. The third-order valence-corrected chi connectivity index (χ3v) is 4.15. The van der Waals surface area contributed by atoms with Crippen LogP contribution in [0.25, 0.3) is 0 Å². The van der Waals surface area contributed by atoms with Gasteiger partial charge in [-0.3, -0.25) is 4.98 Å². The highest BCUT2D eigenvalue weighted by molar-refractivity contribution is 5.92. The van der Waals surface area contributed by atoms with Crippen molar-refractivity contribution in [3.8, 4) is 0 Å². The first kappa shape index (κ1) is 21.4. The zero-order valence-corrected chi connectivity index (χ0v) is 16.2. The minimum atomic E-state index is -4.50. The van der Waals surface area contributed by atoms with E-state index in [0.717, 1.165) is 30.1 Å². The van der Waals surface area contributed by atoms with E-state index < -0.39 is 17.7 Å². The van der Waals surface area contributed by atoms with E-state index in [1.165, 1.54) is 6.20 Å². The second-order valence-electron chi connectivity index (χ2n) is 6.43. The summed E-state index contributed by atoms with van der Waals surface area (Å²) in [5.74, 6) is -0.612. The predicted molar refractivity (Wildman–Crippen MR) is 101 cm³/mol. The summed E-state index contributed by atoms with van der Waals surface area (Å²) in [5.41, 5.74) is 1.83. The van der Waals surface area contributed by atoms with Crippen molar-refractivity contribution in [2.45, 2.75) is 33.6 Å². The average molecular weight is 393 g/mol. The quantitative estimate of drug-likeness (QED) is 0.406. The first-order valence-corrected chi connectivity index (χ1v) is 8.65. The Bertz CT molecular complexity index is 879. The van der Waals surface area contributed by atoms with E-state index in [0.29, 0.717) is 11.1 Å². The number of nitrogens with zero attached hydrogens (tertiary/aromatic N) is 3. The van der Waals surface area contributed by atoms with E-state index in [1.807, 2.05) is 25.8 Å². The summed E-state index contributed by atoms with van der Waals surface area (Å²) in [6.07, 6.45) is -0.819. The van der Waals surface area contributed by atoms with Gasteiger partial charge >= 0.3 is 12.1 Å². The molecule has 8 heteroatoms. The molecule has 0 bridgehead atoms. The third kappa shape index (κ3) is 5.55. The fourth-order valence-electron chi connectivity index (χ4n) is 2.35. The number of halogens is 3. The fraction of sp³-hybridized carbons (Fsp3) is 0.350.